The Morgan fingerprint density at radius 3 is 2.54 bits per heavy atom. The van der Waals surface area contributed by atoms with Crippen molar-refractivity contribution in [2.75, 3.05) is 6.61 Å². The normalized spacial score (nSPS) is 11.7. The number of aryl methyl sites for hydroxylation is 1. The van der Waals surface area contributed by atoms with Crippen LogP contribution in [0.25, 0.3) is 0 Å². The van der Waals surface area contributed by atoms with E-state index in [9.17, 15) is 0 Å². The number of benzene rings is 1. The van der Waals surface area contributed by atoms with Crippen LogP contribution in [-0.2, 0) is 6.42 Å². The molecule has 1 aromatic rings. The van der Waals surface area contributed by atoms with Crippen LogP contribution >= 0.6 is 0 Å². The van der Waals surface area contributed by atoms with E-state index in [0.717, 1.165) is 6.42 Å². The highest BCUT2D eigenvalue weighted by atomic mass is 16.3. The van der Waals surface area contributed by atoms with Crippen LogP contribution in [0.1, 0.15) is 25.0 Å². The molecule has 13 heavy (non-hydrogen) atoms. The van der Waals surface area contributed by atoms with E-state index in [1.807, 2.05) is 0 Å². The molecule has 0 aliphatic carbocycles. The molecule has 0 saturated heterocycles. The van der Waals surface area contributed by atoms with Crippen molar-refractivity contribution in [1.29, 1.82) is 0 Å². The summed E-state index contributed by atoms with van der Waals surface area (Å²) in [4.78, 5) is 0. The summed E-state index contributed by atoms with van der Waals surface area (Å²) in [5.74, 6) is 0. The Morgan fingerprint density at radius 1 is 1.31 bits per heavy atom. The molecule has 0 atom stereocenters. The molecule has 0 aliphatic heterocycles. The van der Waals surface area contributed by atoms with Gasteiger partial charge in [-0.2, -0.15) is 0 Å². The first-order valence-electron chi connectivity index (χ1n) is 4.70. The van der Waals surface area contributed by atoms with E-state index in [-0.39, 0.29) is 12.0 Å². The van der Waals surface area contributed by atoms with Gasteiger partial charge in [0, 0.05) is 6.61 Å². The van der Waals surface area contributed by atoms with E-state index >= 15 is 0 Å². The number of hydrogen-bond acceptors (Lipinski definition) is 1. The zero-order chi connectivity index (χ0) is 9.90. The van der Waals surface area contributed by atoms with Crippen LogP contribution < -0.4 is 0 Å². The van der Waals surface area contributed by atoms with Crippen LogP contribution in [0.2, 0.25) is 0 Å². The van der Waals surface area contributed by atoms with Gasteiger partial charge in [0.15, 0.2) is 0 Å². The molecule has 1 rings (SSSR count). The molecule has 0 aliphatic rings. The highest BCUT2D eigenvalue weighted by Gasteiger charge is 2.16. The molecule has 0 fully saturated rings. The second kappa shape index (κ2) is 3.93. The summed E-state index contributed by atoms with van der Waals surface area (Å²) < 4.78 is 0. The SMILES string of the molecule is Cc1cccc(CC(C)(C)CO)c1. The van der Waals surface area contributed by atoms with Crippen LogP contribution in [-0.4, -0.2) is 11.7 Å². The molecule has 0 radical (unpaired) electrons. The Hall–Kier alpha value is -0.820. The summed E-state index contributed by atoms with van der Waals surface area (Å²) in [6.07, 6.45) is 0.936. The molecule has 1 nitrogen and oxygen atoms in total. The van der Waals surface area contributed by atoms with Gasteiger partial charge in [0.25, 0.3) is 0 Å². The van der Waals surface area contributed by atoms with Crippen molar-refractivity contribution < 1.29 is 5.11 Å². The average Bonchev–Trinajstić information content (AvgIpc) is 2.03. The minimum Gasteiger partial charge on any atom is -0.396 e. The lowest BCUT2D eigenvalue weighted by Crippen LogP contribution is -2.19. The Balaban J connectivity index is 2.74. The first-order chi connectivity index (χ1) is 6.03. The van der Waals surface area contributed by atoms with Crippen LogP contribution in [0.15, 0.2) is 24.3 Å². The second-order valence-corrected chi connectivity index (χ2v) is 4.49. The van der Waals surface area contributed by atoms with Crippen molar-refractivity contribution >= 4 is 0 Å². The fraction of sp³-hybridized carbons (Fsp3) is 0.500. The highest BCUT2D eigenvalue weighted by molar-refractivity contribution is 5.23. The first kappa shape index (κ1) is 10.3. The van der Waals surface area contributed by atoms with E-state index in [1.54, 1.807) is 0 Å². The topological polar surface area (TPSA) is 20.2 Å². The van der Waals surface area contributed by atoms with Crippen molar-refractivity contribution in [3.63, 3.8) is 0 Å². The third-order valence-electron chi connectivity index (χ3n) is 2.19. The van der Waals surface area contributed by atoms with E-state index in [2.05, 4.69) is 45.0 Å². The van der Waals surface area contributed by atoms with Crippen molar-refractivity contribution in [3.05, 3.63) is 35.4 Å². The van der Waals surface area contributed by atoms with Gasteiger partial charge in [-0.1, -0.05) is 43.7 Å². The Labute approximate surface area is 80.4 Å². The predicted molar refractivity (Wildman–Crippen MR) is 55.7 cm³/mol. The van der Waals surface area contributed by atoms with Gasteiger partial charge in [-0.25, -0.2) is 0 Å². The van der Waals surface area contributed by atoms with Gasteiger partial charge < -0.3 is 5.11 Å². The molecule has 0 saturated carbocycles. The highest BCUT2D eigenvalue weighted by Crippen LogP contribution is 2.21. The maximum absolute atomic E-state index is 9.12. The molecule has 0 unspecified atom stereocenters. The number of hydrogen-bond donors (Lipinski definition) is 1. The molecule has 0 heterocycles. The van der Waals surface area contributed by atoms with Crippen LogP contribution in [0.5, 0.6) is 0 Å². The minimum absolute atomic E-state index is 0.00616. The molecular weight excluding hydrogens is 160 g/mol. The molecule has 0 aromatic heterocycles. The van der Waals surface area contributed by atoms with E-state index < -0.39 is 0 Å². The first-order valence-corrected chi connectivity index (χ1v) is 4.70. The van der Waals surface area contributed by atoms with Gasteiger partial charge >= 0.3 is 0 Å². The summed E-state index contributed by atoms with van der Waals surface area (Å²) in [5, 5.41) is 9.12. The minimum atomic E-state index is -0.00616. The van der Waals surface area contributed by atoms with Crippen LogP contribution in [0.4, 0.5) is 0 Å². The Morgan fingerprint density at radius 2 is 2.00 bits per heavy atom. The Kier molecular flexibility index (Phi) is 3.10. The second-order valence-electron chi connectivity index (χ2n) is 4.49. The molecule has 1 heteroatoms. The lowest BCUT2D eigenvalue weighted by atomic mass is 9.86. The summed E-state index contributed by atoms with van der Waals surface area (Å²) >= 11 is 0. The third-order valence-corrected chi connectivity index (χ3v) is 2.19. The summed E-state index contributed by atoms with van der Waals surface area (Å²) in [6, 6.07) is 8.45. The summed E-state index contributed by atoms with van der Waals surface area (Å²) in [5.41, 5.74) is 2.58. The standard InChI is InChI=1S/C12H18O/c1-10-5-4-6-11(7-10)8-12(2,3)9-13/h4-7,13H,8-9H2,1-3H3. The van der Waals surface area contributed by atoms with Gasteiger partial charge in [-0.15, -0.1) is 0 Å². The fourth-order valence-electron chi connectivity index (χ4n) is 1.43. The van der Waals surface area contributed by atoms with Gasteiger partial charge in [0.05, 0.1) is 0 Å². The molecule has 1 N–H and O–H groups in total. The van der Waals surface area contributed by atoms with Gasteiger partial charge in [0.1, 0.15) is 0 Å². The van der Waals surface area contributed by atoms with Crippen LogP contribution in [0.3, 0.4) is 0 Å². The third kappa shape index (κ3) is 3.19. The number of aliphatic hydroxyl groups is 1. The molecule has 72 valence electrons. The van der Waals surface area contributed by atoms with E-state index in [1.165, 1.54) is 11.1 Å². The van der Waals surface area contributed by atoms with Crippen molar-refractivity contribution in [3.8, 4) is 0 Å². The van der Waals surface area contributed by atoms with Crippen LogP contribution in [0, 0.1) is 12.3 Å². The van der Waals surface area contributed by atoms with Gasteiger partial charge in [0.2, 0.25) is 0 Å². The zero-order valence-electron chi connectivity index (χ0n) is 8.67. The zero-order valence-corrected chi connectivity index (χ0v) is 8.67. The van der Waals surface area contributed by atoms with Crippen molar-refractivity contribution in [2.45, 2.75) is 27.2 Å². The summed E-state index contributed by atoms with van der Waals surface area (Å²) in [7, 11) is 0. The maximum atomic E-state index is 9.12. The molecule has 0 amide bonds. The van der Waals surface area contributed by atoms with Gasteiger partial charge in [-0.05, 0) is 24.3 Å². The molecular formula is C12H18O. The lowest BCUT2D eigenvalue weighted by molar-refractivity contribution is 0.159. The predicted octanol–water partition coefficient (Wildman–Crippen LogP) is 2.56. The monoisotopic (exact) mass is 178 g/mol. The quantitative estimate of drug-likeness (QED) is 0.754. The maximum Gasteiger partial charge on any atom is 0.0485 e. The number of aliphatic hydroxyl groups excluding tert-OH is 1. The molecule has 0 spiro atoms. The summed E-state index contributed by atoms with van der Waals surface area (Å²) in [6.45, 7) is 6.49. The molecule has 1 aromatic carbocycles. The van der Waals surface area contributed by atoms with E-state index in [0.29, 0.717) is 0 Å². The smallest absolute Gasteiger partial charge is 0.0485 e. The number of rotatable bonds is 3. The lowest BCUT2D eigenvalue weighted by Gasteiger charge is -2.21. The average molecular weight is 178 g/mol. The fourth-order valence-corrected chi connectivity index (χ4v) is 1.43. The Bertz CT molecular complexity index is 276. The van der Waals surface area contributed by atoms with Gasteiger partial charge in [-0.3, -0.25) is 0 Å². The van der Waals surface area contributed by atoms with Crippen molar-refractivity contribution in [1.82, 2.24) is 0 Å². The molecule has 0 bridgehead atoms. The largest absolute Gasteiger partial charge is 0.396 e. The van der Waals surface area contributed by atoms with E-state index in [4.69, 9.17) is 5.11 Å². The van der Waals surface area contributed by atoms with Crippen molar-refractivity contribution in [2.24, 2.45) is 5.41 Å².